The zero-order valence-electron chi connectivity index (χ0n) is 17.7. The van der Waals surface area contributed by atoms with E-state index in [0.29, 0.717) is 22.7 Å². The Balaban J connectivity index is 2.03. The molecule has 1 aromatic heterocycles. The number of esters is 2. The van der Waals surface area contributed by atoms with Crippen molar-refractivity contribution in [1.82, 2.24) is 10.3 Å². The lowest BCUT2D eigenvalue weighted by Gasteiger charge is -2.30. The fourth-order valence-corrected chi connectivity index (χ4v) is 3.64. The van der Waals surface area contributed by atoms with Crippen molar-refractivity contribution in [2.75, 3.05) is 0 Å². The number of carbonyl (C=O) groups is 3. The quantitative estimate of drug-likeness (QED) is 0.723. The molecule has 1 heterocycles. The summed E-state index contributed by atoms with van der Waals surface area (Å²) in [5.41, 5.74) is 1.48. The number of ether oxygens (including phenoxy) is 2. The smallest absolute Gasteiger partial charge is 0.355 e. The molecule has 1 saturated carbocycles. The lowest BCUT2D eigenvalue weighted by atomic mass is 9.86. The van der Waals surface area contributed by atoms with Crippen LogP contribution in [0.1, 0.15) is 85.5 Å². The van der Waals surface area contributed by atoms with Crippen LogP contribution < -0.4 is 5.32 Å². The first-order valence-corrected chi connectivity index (χ1v) is 10.0. The molecule has 1 amide bonds. The number of aromatic nitrogens is 1. The Bertz CT molecular complexity index is 737. The third-order valence-corrected chi connectivity index (χ3v) is 5.28. The molecule has 156 valence electrons. The summed E-state index contributed by atoms with van der Waals surface area (Å²) in [5, 5.41) is 3.00. The molecule has 7 heteroatoms. The van der Waals surface area contributed by atoms with E-state index in [1.165, 1.54) is 6.42 Å². The zero-order valence-corrected chi connectivity index (χ0v) is 17.7. The van der Waals surface area contributed by atoms with Crippen LogP contribution in [-0.2, 0) is 14.3 Å². The maximum Gasteiger partial charge on any atom is 0.355 e. The van der Waals surface area contributed by atoms with Gasteiger partial charge < -0.3 is 19.8 Å². The van der Waals surface area contributed by atoms with Crippen molar-refractivity contribution >= 4 is 17.8 Å². The van der Waals surface area contributed by atoms with Crippen molar-refractivity contribution in [2.24, 2.45) is 5.92 Å². The molecule has 0 radical (unpaired) electrons. The minimum atomic E-state index is -0.921. The number of hydrogen-bond donors (Lipinski definition) is 2. The zero-order chi connectivity index (χ0) is 21.0. The minimum absolute atomic E-state index is 0.120. The third-order valence-electron chi connectivity index (χ3n) is 5.28. The second-order valence-electron chi connectivity index (χ2n) is 8.00. The molecule has 0 aromatic carbocycles. The molecule has 0 unspecified atom stereocenters. The van der Waals surface area contributed by atoms with Crippen LogP contribution in [-0.4, -0.2) is 41.1 Å². The van der Waals surface area contributed by atoms with Gasteiger partial charge >= 0.3 is 11.9 Å². The van der Waals surface area contributed by atoms with Crippen LogP contribution in [0.15, 0.2) is 0 Å². The first-order valence-electron chi connectivity index (χ1n) is 10.0. The summed E-state index contributed by atoms with van der Waals surface area (Å²) in [4.78, 5) is 40.1. The fourth-order valence-electron chi connectivity index (χ4n) is 3.64. The summed E-state index contributed by atoms with van der Waals surface area (Å²) in [6.07, 6.45) is 3.14. The number of aryl methyl sites for hydroxylation is 1. The van der Waals surface area contributed by atoms with Crippen molar-refractivity contribution in [2.45, 2.75) is 85.5 Å². The van der Waals surface area contributed by atoms with Crippen molar-refractivity contribution in [3.8, 4) is 0 Å². The van der Waals surface area contributed by atoms with Crippen LogP contribution in [0.4, 0.5) is 0 Å². The molecule has 1 fully saturated rings. The van der Waals surface area contributed by atoms with Crippen LogP contribution in [0.5, 0.6) is 0 Å². The van der Waals surface area contributed by atoms with Gasteiger partial charge in [0.1, 0.15) is 5.69 Å². The normalized spacial score (nSPS) is 20.5. The number of amides is 1. The van der Waals surface area contributed by atoms with Gasteiger partial charge in [0.05, 0.1) is 11.7 Å². The van der Waals surface area contributed by atoms with E-state index in [9.17, 15) is 14.4 Å². The van der Waals surface area contributed by atoms with E-state index in [0.717, 1.165) is 19.3 Å². The molecule has 7 nitrogen and oxygen atoms in total. The molecule has 1 aromatic rings. The van der Waals surface area contributed by atoms with E-state index in [1.807, 2.05) is 0 Å². The SMILES string of the molecule is Cc1[nH]c(C(=O)O[C@H](C)C(=O)N[C@@H]2CCCC[C@@H]2C)c(C)c1C(=O)OC(C)C. The van der Waals surface area contributed by atoms with Crippen molar-refractivity contribution < 1.29 is 23.9 Å². The molecule has 2 rings (SSSR count). The van der Waals surface area contributed by atoms with E-state index >= 15 is 0 Å². The van der Waals surface area contributed by atoms with Crippen molar-refractivity contribution in [3.05, 3.63) is 22.5 Å². The summed E-state index contributed by atoms with van der Waals surface area (Å²) in [6.45, 7) is 10.6. The van der Waals surface area contributed by atoms with Crippen LogP contribution in [0.25, 0.3) is 0 Å². The highest BCUT2D eigenvalue weighted by Crippen LogP contribution is 2.24. The predicted octanol–water partition coefficient (Wildman–Crippen LogP) is 3.44. The van der Waals surface area contributed by atoms with Gasteiger partial charge in [0.25, 0.3) is 5.91 Å². The maximum atomic E-state index is 12.6. The van der Waals surface area contributed by atoms with Gasteiger partial charge in [0, 0.05) is 11.7 Å². The van der Waals surface area contributed by atoms with Crippen LogP contribution >= 0.6 is 0 Å². The highest BCUT2D eigenvalue weighted by atomic mass is 16.6. The Hall–Kier alpha value is -2.31. The second kappa shape index (κ2) is 9.26. The number of nitrogens with one attached hydrogen (secondary N) is 2. The van der Waals surface area contributed by atoms with Gasteiger partial charge in [-0.05, 0) is 58.9 Å². The minimum Gasteiger partial charge on any atom is -0.459 e. The standard InChI is InChI=1S/C21H32N2O5/c1-11(2)27-20(25)17-13(4)18(22-14(17)5)21(26)28-15(6)19(24)23-16-10-8-7-9-12(16)3/h11-12,15-16,22H,7-10H2,1-6H3,(H,23,24)/t12-,15+,16+/m0/s1. The Labute approximate surface area is 166 Å². The molecule has 2 N–H and O–H groups in total. The van der Waals surface area contributed by atoms with Gasteiger partial charge in [-0.15, -0.1) is 0 Å². The number of carbonyl (C=O) groups excluding carboxylic acids is 3. The molecule has 1 aliphatic rings. The molecule has 0 bridgehead atoms. The van der Waals surface area contributed by atoms with E-state index in [1.54, 1.807) is 34.6 Å². The van der Waals surface area contributed by atoms with Crippen molar-refractivity contribution in [1.29, 1.82) is 0 Å². The summed E-state index contributed by atoms with van der Waals surface area (Å²) >= 11 is 0. The van der Waals surface area contributed by atoms with Gasteiger partial charge in [-0.25, -0.2) is 9.59 Å². The summed E-state index contributed by atoms with van der Waals surface area (Å²) in [7, 11) is 0. The number of aromatic amines is 1. The van der Waals surface area contributed by atoms with Gasteiger partial charge in [0.15, 0.2) is 6.10 Å². The molecule has 28 heavy (non-hydrogen) atoms. The molecular weight excluding hydrogens is 360 g/mol. The lowest BCUT2D eigenvalue weighted by molar-refractivity contribution is -0.130. The molecule has 0 spiro atoms. The van der Waals surface area contributed by atoms with E-state index in [-0.39, 0.29) is 23.7 Å². The first kappa shape index (κ1) is 22.0. The molecule has 1 aliphatic carbocycles. The first-order chi connectivity index (χ1) is 13.1. The van der Waals surface area contributed by atoms with Gasteiger partial charge in [-0.3, -0.25) is 4.79 Å². The van der Waals surface area contributed by atoms with E-state index < -0.39 is 18.0 Å². The average molecular weight is 392 g/mol. The highest BCUT2D eigenvalue weighted by molar-refractivity contribution is 5.99. The predicted molar refractivity (Wildman–Crippen MR) is 105 cm³/mol. The van der Waals surface area contributed by atoms with Crippen LogP contribution in [0.2, 0.25) is 0 Å². The molecule has 0 aliphatic heterocycles. The van der Waals surface area contributed by atoms with E-state index in [4.69, 9.17) is 9.47 Å². The van der Waals surface area contributed by atoms with Crippen LogP contribution in [0, 0.1) is 19.8 Å². The van der Waals surface area contributed by atoms with Crippen LogP contribution in [0.3, 0.4) is 0 Å². The van der Waals surface area contributed by atoms with Crippen molar-refractivity contribution in [3.63, 3.8) is 0 Å². The molecule has 0 saturated heterocycles. The van der Waals surface area contributed by atoms with Gasteiger partial charge in [-0.2, -0.15) is 0 Å². The largest absolute Gasteiger partial charge is 0.459 e. The third kappa shape index (κ3) is 5.14. The fraction of sp³-hybridized carbons (Fsp3) is 0.667. The molecular formula is C21H32N2O5. The maximum absolute atomic E-state index is 12.6. The monoisotopic (exact) mass is 392 g/mol. The lowest BCUT2D eigenvalue weighted by Crippen LogP contribution is -2.46. The second-order valence-corrected chi connectivity index (χ2v) is 8.00. The Morgan fingerprint density at radius 3 is 2.29 bits per heavy atom. The Morgan fingerprint density at radius 2 is 1.68 bits per heavy atom. The number of rotatable bonds is 6. The molecule has 3 atom stereocenters. The highest BCUT2D eigenvalue weighted by Gasteiger charge is 2.29. The topological polar surface area (TPSA) is 97.5 Å². The number of H-pyrrole nitrogens is 1. The number of hydrogen-bond acceptors (Lipinski definition) is 5. The van der Waals surface area contributed by atoms with E-state index in [2.05, 4.69) is 17.2 Å². The average Bonchev–Trinajstić information content (AvgIpc) is 2.90. The summed E-state index contributed by atoms with van der Waals surface area (Å²) in [6, 6.07) is 0.120. The van der Waals surface area contributed by atoms with Gasteiger partial charge in [0.2, 0.25) is 0 Å². The Kier molecular flexibility index (Phi) is 7.27. The Morgan fingerprint density at radius 1 is 1.04 bits per heavy atom. The van der Waals surface area contributed by atoms with Gasteiger partial charge in [-0.1, -0.05) is 19.8 Å². The summed E-state index contributed by atoms with van der Waals surface area (Å²) in [5.74, 6) is -1.03. The summed E-state index contributed by atoms with van der Waals surface area (Å²) < 4.78 is 10.6.